The Kier molecular flexibility index (Phi) is 6.47. The number of nitrogens with zero attached hydrogens (tertiary/aromatic N) is 1. The minimum Gasteiger partial charge on any atom is -0.493 e. The summed E-state index contributed by atoms with van der Waals surface area (Å²) in [5.41, 5.74) is 2.06. The molecule has 1 saturated heterocycles. The number of hydrogen-bond acceptors (Lipinski definition) is 4. The molecule has 2 aromatic carbocycles. The molecule has 3 aromatic rings. The Morgan fingerprint density at radius 3 is 2.76 bits per heavy atom. The van der Waals surface area contributed by atoms with Crippen molar-refractivity contribution in [2.24, 2.45) is 5.92 Å². The van der Waals surface area contributed by atoms with E-state index in [1.54, 1.807) is 11.3 Å². The number of ether oxygens (including phenoxy) is 1. The molecule has 0 atom stereocenters. The van der Waals surface area contributed by atoms with Crippen molar-refractivity contribution in [2.75, 3.05) is 26.2 Å². The fourth-order valence-electron chi connectivity index (χ4n) is 4.08. The topological polar surface area (TPSA) is 41.6 Å². The number of amides is 1. The van der Waals surface area contributed by atoms with Crippen LogP contribution in [0.3, 0.4) is 0 Å². The molecular weight excluding hydrogens is 380 g/mol. The van der Waals surface area contributed by atoms with Crippen molar-refractivity contribution in [3.63, 3.8) is 0 Å². The maximum absolute atomic E-state index is 13.1. The van der Waals surface area contributed by atoms with Crippen molar-refractivity contribution in [3.8, 4) is 5.75 Å². The second-order valence-electron chi connectivity index (χ2n) is 7.65. The van der Waals surface area contributed by atoms with E-state index in [9.17, 15) is 4.79 Å². The van der Waals surface area contributed by atoms with E-state index in [1.165, 1.54) is 5.56 Å². The van der Waals surface area contributed by atoms with E-state index in [-0.39, 0.29) is 5.91 Å². The molecule has 0 spiro atoms. The summed E-state index contributed by atoms with van der Waals surface area (Å²) >= 11 is 1.76. The predicted octanol–water partition coefficient (Wildman–Crippen LogP) is 4.94. The number of hydrogen-bond donors (Lipinski definition) is 1. The van der Waals surface area contributed by atoms with Crippen LogP contribution in [0.4, 0.5) is 0 Å². The molecule has 4 nitrogen and oxygen atoms in total. The zero-order valence-corrected chi connectivity index (χ0v) is 17.7. The van der Waals surface area contributed by atoms with E-state index in [0.29, 0.717) is 23.8 Å². The molecule has 5 heteroatoms. The van der Waals surface area contributed by atoms with Gasteiger partial charge in [0.15, 0.2) is 0 Å². The number of nitrogens with one attached hydrogen (secondary N) is 1. The van der Waals surface area contributed by atoms with Gasteiger partial charge in [-0.3, -0.25) is 9.69 Å². The van der Waals surface area contributed by atoms with Crippen LogP contribution in [0.2, 0.25) is 0 Å². The summed E-state index contributed by atoms with van der Waals surface area (Å²) in [6, 6.07) is 14.1. The molecule has 0 saturated carbocycles. The first-order valence-corrected chi connectivity index (χ1v) is 11.3. The Labute approximate surface area is 176 Å². The van der Waals surface area contributed by atoms with Gasteiger partial charge in [-0.05, 0) is 78.0 Å². The third-order valence-corrected chi connectivity index (χ3v) is 6.39. The third kappa shape index (κ3) is 4.80. The molecule has 0 radical (unpaired) electrons. The molecule has 2 heterocycles. The highest BCUT2D eigenvalue weighted by Crippen LogP contribution is 2.28. The van der Waals surface area contributed by atoms with E-state index in [2.05, 4.69) is 27.0 Å². The van der Waals surface area contributed by atoms with Gasteiger partial charge in [0.2, 0.25) is 0 Å². The molecule has 1 N–H and O–H groups in total. The Hall–Kier alpha value is -2.37. The Morgan fingerprint density at radius 1 is 1.17 bits per heavy atom. The van der Waals surface area contributed by atoms with Crippen LogP contribution >= 0.6 is 11.3 Å². The standard InChI is InChI=1S/C24H28N2O2S/c1-2-28-22-8-7-20-5-3-4-6-21(20)23(22)24(27)25-15-18-9-12-26(13-10-18)16-19-11-14-29-17-19/h3-8,11,14,17-18H,2,9-10,12-13,15-16H2,1H3,(H,25,27). The highest BCUT2D eigenvalue weighted by Gasteiger charge is 2.22. The van der Waals surface area contributed by atoms with E-state index in [1.807, 2.05) is 43.3 Å². The van der Waals surface area contributed by atoms with Gasteiger partial charge in [0.25, 0.3) is 5.91 Å². The van der Waals surface area contributed by atoms with Gasteiger partial charge in [-0.15, -0.1) is 0 Å². The normalized spacial score (nSPS) is 15.5. The van der Waals surface area contributed by atoms with E-state index in [0.717, 1.165) is 49.8 Å². The van der Waals surface area contributed by atoms with Crippen LogP contribution in [0.1, 0.15) is 35.7 Å². The van der Waals surface area contributed by atoms with Crippen molar-refractivity contribution in [2.45, 2.75) is 26.3 Å². The van der Waals surface area contributed by atoms with Crippen molar-refractivity contribution in [1.29, 1.82) is 0 Å². The van der Waals surface area contributed by atoms with Crippen LogP contribution in [-0.2, 0) is 6.54 Å². The quantitative estimate of drug-likeness (QED) is 0.602. The van der Waals surface area contributed by atoms with Crippen LogP contribution in [0, 0.1) is 5.92 Å². The second kappa shape index (κ2) is 9.42. The molecule has 1 aliphatic rings. The summed E-state index contributed by atoms with van der Waals surface area (Å²) in [7, 11) is 0. The molecule has 1 aliphatic heterocycles. The number of piperidine rings is 1. The van der Waals surface area contributed by atoms with Gasteiger partial charge in [0.1, 0.15) is 5.75 Å². The number of likely N-dealkylation sites (tertiary alicyclic amines) is 1. The average Bonchev–Trinajstić information content (AvgIpc) is 3.26. The lowest BCUT2D eigenvalue weighted by molar-refractivity contribution is 0.0933. The summed E-state index contributed by atoms with van der Waals surface area (Å²) in [4.78, 5) is 15.6. The summed E-state index contributed by atoms with van der Waals surface area (Å²) in [5, 5.41) is 9.56. The predicted molar refractivity (Wildman–Crippen MR) is 120 cm³/mol. The molecular formula is C24H28N2O2S. The maximum Gasteiger partial charge on any atom is 0.255 e. The highest BCUT2D eigenvalue weighted by atomic mass is 32.1. The van der Waals surface area contributed by atoms with Gasteiger partial charge in [-0.25, -0.2) is 0 Å². The fraction of sp³-hybridized carbons (Fsp3) is 0.375. The van der Waals surface area contributed by atoms with E-state index in [4.69, 9.17) is 4.74 Å². The number of thiophene rings is 1. The number of rotatable bonds is 7. The zero-order chi connectivity index (χ0) is 20.1. The van der Waals surface area contributed by atoms with Gasteiger partial charge in [0.05, 0.1) is 12.2 Å². The Morgan fingerprint density at radius 2 is 2.00 bits per heavy atom. The van der Waals surface area contributed by atoms with Crippen molar-refractivity contribution < 1.29 is 9.53 Å². The lowest BCUT2D eigenvalue weighted by atomic mass is 9.96. The average molecular weight is 409 g/mol. The summed E-state index contributed by atoms with van der Waals surface area (Å²) in [5.74, 6) is 1.16. The molecule has 152 valence electrons. The summed E-state index contributed by atoms with van der Waals surface area (Å²) in [6.45, 7) is 6.43. The van der Waals surface area contributed by atoms with E-state index >= 15 is 0 Å². The first kappa shape index (κ1) is 19.9. The number of fused-ring (bicyclic) bond motifs is 1. The largest absolute Gasteiger partial charge is 0.493 e. The molecule has 0 aliphatic carbocycles. The zero-order valence-electron chi connectivity index (χ0n) is 16.9. The SMILES string of the molecule is CCOc1ccc2ccccc2c1C(=O)NCC1CCN(Cc2ccsc2)CC1. The number of carbonyl (C=O) groups excluding carboxylic acids is 1. The van der Waals surface area contributed by atoms with Gasteiger partial charge >= 0.3 is 0 Å². The fourth-order valence-corrected chi connectivity index (χ4v) is 4.74. The lowest BCUT2D eigenvalue weighted by Gasteiger charge is -2.31. The van der Waals surface area contributed by atoms with Crippen LogP contribution in [-0.4, -0.2) is 37.0 Å². The summed E-state index contributed by atoms with van der Waals surface area (Å²) in [6.07, 6.45) is 2.25. The van der Waals surface area contributed by atoms with Crippen molar-refractivity contribution >= 4 is 28.0 Å². The van der Waals surface area contributed by atoms with Crippen LogP contribution in [0.15, 0.2) is 53.2 Å². The van der Waals surface area contributed by atoms with Crippen LogP contribution in [0.5, 0.6) is 5.75 Å². The van der Waals surface area contributed by atoms with Crippen LogP contribution in [0.25, 0.3) is 10.8 Å². The maximum atomic E-state index is 13.1. The van der Waals surface area contributed by atoms with E-state index < -0.39 is 0 Å². The minimum absolute atomic E-state index is 0.0362. The molecule has 1 amide bonds. The van der Waals surface area contributed by atoms with Gasteiger partial charge in [-0.1, -0.05) is 30.3 Å². The molecule has 29 heavy (non-hydrogen) atoms. The minimum atomic E-state index is -0.0362. The molecule has 1 fully saturated rings. The number of carbonyl (C=O) groups is 1. The first-order valence-electron chi connectivity index (χ1n) is 10.4. The Bertz CT molecular complexity index is 947. The van der Waals surface area contributed by atoms with Gasteiger partial charge in [-0.2, -0.15) is 11.3 Å². The monoisotopic (exact) mass is 408 g/mol. The molecule has 1 aromatic heterocycles. The Balaban J connectivity index is 1.37. The van der Waals surface area contributed by atoms with Gasteiger partial charge < -0.3 is 10.1 Å². The highest BCUT2D eigenvalue weighted by molar-refractivity contribution is 7.07. The van der Waals surface area contributed by atoms with Crippen molar-refractivity contribution in [1.82, 2.24) is 10.2 Å². The molecule has 0 unspecified atom stereocenters. The molecule has 4 rings (SSSR count). The third-order valence-electron chi connectivity index (χ3n) is 5.66. The summed E-state index contributed by atoms with van der Waals surface area (Å²) < 4.78 is 5.76. The lowest BCUT2D eigenvalue weighted by Crippen LogP contribution is -2.38. The molecule has 0 bridgehead atoms. The second-order valence-corrected chi connectivity index (χ2v) is 8.43. The number of benzene rings is 2. The van der Waals surface area contributed by atoms with Gasteiger partial charge in [0, 0.05) is 13.1 Å². The smallest absolute Gasteiger partial charge is 0.255 e. The van der Waals surface area contributed by atoms with Crippen molar-refractivity contribution in [3.05, 3.63) is 64.4 Å². The first-order chi connectivity index (χ1) is 14.2. The van der Waals surface area contributed by atoms with Crippen LogP contribution < -0.4 is 10.1 Å².